The molecule has 3 unspecified atom stereocenters. The van der Waals surface area contributed by atoms with Crippen LogP contribution in [-0.2, 0) is 20.7 Å². The van der Waals surface area contributed by atoms with E-state index in [-0.39, 0.29) is 41.5 Å². The molecule has 4 heteroatoms. The van der Waals surface area contributed by atoms with Gasteiger partial charge in [0, 0.05) is 23.5 Å². The molecule has 0 radical (unpaired) electrons. The third-order valence-electron chi connectivity index (χ3n) is 7.33. The standard InChI is InChI=1S/C31H40O4/c1-5-12-24(25(6-2)28(33)17-22(4)32)18-23-19-27-26(15-14-21(3)31(27)29(34)20-23)30-13-10-8-7-9-11-16-35-30/h7-9,11,13-15,23-25H,5-6,10,12,16-20H2,1-4H3. The van der Waals surface area contributed by atoms with Gasteiger partial charge < -0.3 is 4.74 Å². The fourth-order valence-electron chi connectivity index (χ4n) is 5.82. The number of aryl methyl sites for hydroxylation is 1. The summed E-state index contributed by atoms with van der Waals surface area (Å²) in [5.74, 6) is 1.27. The first kappa shape index (κ1) is 26.8. The molecule has 1 aliphatic heterocycles. The van der Waals surface area contributed by atoms with Crippen LogP contribution in [0.15, 0.2) is 42.5 Å². The van der Waals surface area contributed by atoms with Gasteiger partial charge in [-0.2, -0.15) is 0 Å². The average Bonchev–Trinajstić information content (AvgIpc) is 2.93. The molecular formula is C31H40O4. The van der Waals surface area contributed by atoms with E-state index in [0.29, 0.717) is 13.0 Å². The Hall–Kier alpha value is -2.75. The lowest BCUT2D eigenvalue weighted by atomic mass is 9.71. The van der Waals surface area contributed by atoms with Crippen molar-refractivity contribution in [3.05, 3.63) is 64.8 Å². The Morgan fingerprint density at radius 2 is 1.89 bits per heavy atom. The zero-order valence-electron chi connectivity index (χ0n) is 21.8. The van der Waals surface area contributed by atoms with Gasteiger partial charge in [0.2, 0.25) is 0 Å². The van der Waals surface area contributed by atoms with Gasteiger partial charge in [-0.25, -0.2) is 0 Å². The normalized spacial score (nSPS) is 19.5. The highest BCUT2D eigenvalue weighted by Crippen LogP contribution is 2.39. The minimum absolute atomic E-state index is 0.0167. The number of hydrogen-bond acceptors (Lipinski definition) is 4. The number of ketones is 3. The average molecular weight is 477 g/mol. The number of ether oxygens (including phenoxy) is 1. The molecular weight excluding hydrogens is 436 g/mol. The number of carbonyl (C=O) groups excluding carboxylic acids is 3. The molecule has 0 amide bonds. The molecule has 1 aromatic rings. The SMILES string of the molecule is CCCC(CC1CC(=O)c2c(C)ccc(C3=CCC=CC=CCO3)c2C1)C(CC)C(=O)CC(C)=O. The van der Waals surface area contributed by atoms with Crippen LogP contribution in [0, 0.1) is 24.7 Å². The molecule has 1 aliphatic carbocycles. The zero-order chi connectivity index (χ0) is 25.4. The summed E-state index contributed by atoms with van der Waals surface area (Å²) < 4.78 is 6.12. The van der Waals surface area contributed by atoms with Crippen LogP contribution in [-0.4, -0.2) is 24.0 Å². The van der Waals surface area contributed by atoms with Gasteiger partial charge in [-0.15, -0.1) is 0 Å². The van der Waals surface area contributed by atoms with E-state index < -0.39 is 0 Å². The fraction of sp³-hybridized carbons (Fsp3) is 0.516. The molecule has 0 spiro atoms. The first-order chi connectivity index (χ1) is 16.8. The second kappa shape index (κ2) is 12.8. The minimum Gasteiger partial charge on any atom is -0.489 e. The summed E-state index contributed by atoms with van der Waals surface area (Å²) in [5.41, 5.74) is 3.96. The molecule has 188 valence electrons. The van der Waals surface area contributed by atoms with Crippen LogP contribution < -0.4 is 0 Å². The number of rotatable bonds is 10. The minimum atomic E-state index is -0.119. The van der Waals surface area contributed by atoms with Crippen molar-refractivity contribution in [2.75, 3.05) is 6.61 Å². The number of carbonyl (C=O) groups is 3. The fourth-order valence-corrected chi connectivity index (χ4v) is 5.82. The molecule has 2 aliphatic rings. The van der Waals surface area contributed by atoms with Crippen molar-refractivity contribution < 1.29 is 19.1 Å². The van der Waals surface area contributed by atoms with Gasteiger partial charge in [-0.3, -0.25) is 14.4 Å². The maximum absolute atomic E-state index is 13.4. The molecule has 0 bridgehead atoms. The summed E-state index contributed by atoms with van der Waals surface area (Å²) in [6, 6.07) is 4.12. The summed E-state index contributed by atoms with van der Waals surface area (Å²) in [7, 11) is 0. The van der Waals surface area contributed by atoms with Crippen molar-refractivity contribution in [1.29, 1.82) is 0 Å². The van der Waals surface area contributed by atoms with E-state index in [9.17, 15) is 14.4 Å². The van der Waals surface area contributed by atoms with E-state index in [1.807, 2.05) is 38.1 Å². The largest absolute Gasteiger partial charge is 0.489 e. The number of Topliss-reactive ketones (excluding diaryl/α,β-unsaturated/α-hetero) is 3. The Kier molecular flexibility index (Phi) is 9.83. The third kappa shape index (κ3) is 6.90. The molecule has 0 aromatic heterocycles. The Labute approximate surface area is 210 Å². The lowest BCUT2D eigenvalue weighted by molar-refractivity contribution is -0.129. The first-order valence-electron chi connectivity index (χ1n) is 13.2. The maximum Gasteiger partial charge on any atom is 0.163 e. The van der Waals surface area contributed by atoms with Crippen molar-refractivity contribution in [1.82, 2.24) is 0 Å². The Bertz CT molecular complexity index is 1030. The second-order valence-corrected chi connectivity index (χ2v) is 10.1. The van der Waals surface area contributed by atoms with Crippen LogP contribution in [0.4, 0.5) is 0 Å². The summed E-state index contributed by atoms with van der Waals surface area (Å²) >= 11 is 0. The molecule has 0 N–H and O–H groups in total. The van der Waals surface area contributed by atoms with Gasteiger partial charge in [0.15, 0.2) is 5.78 Å². The van der Waals surface area contributed by atoms with Crippen molar-refractivity contribution in [2.24, 2.45) is 17.8 Å². The highest BCUT2D eigenvalue weighted by Gasteiger charge is 2.34. The zero-order valence-corrected chi connectivity index (χ0v) is 21.8. The van der Waals surface area contributed by atoms with Crippen LogP contribution in [0.1, 0.15) is 92.8 Å². The predicted molar refractivity (Wildman–Crippen MR) is 141 cm³/mol. The lowest BCUT2D eigenvalue weighted by Gasteiger charge is -2.32. The molecule has 35 heavy (non-hydrogen) atoms. The Morgan fingerprint density at radius 1 is 1.11 bits per heavy atom. The van der Waals surface area contributed by atoms with E-state index in [4.69, 9.17) is 4.74 Å². The van der Waals surface area contributed by atoms with Crippen LogP contribution >= 0.6 is 0 Å². The lowest BCUT2D eigenvalue weighted by Crippen LogP contribution is -2.30. The van der Waals surface area contributed by atoms with Crippen LogP contribution in [0.5, 0.6) is 0 Å². The number of allylic oxidation sites excluding steroid dienone is 4. The van der Waals surface area contributed by atoms with Crippen molar-refractivity contribution in [3.8, 4) is 0 Å². The van der Waals surface area contributed by atoms with Gasteiger partial charge in [0.1, 0.15) is 23.9 Å². The molecule has 3 rings (SSSR count). The summed E-state index contributed by atoms with van der Waals surface area (Å²) in [6.07, 6.45) is 15.8. The van der Waals surface area contributed by atoms with Gasteiger partial charge in [0.25, 0.3) is 0 Å². The summed E-state index contributed by atoms with van der Waals surface area (Å²) in [4.78, 5) is 37.9. The molecule has 0 saturated heterocycles. The number of benzene rings is 1. The third-order valence-corrected chi connectivity index (χ3v) is 7.33. The predicted octanol–water partition coefficient (Wildman–Crippen LogP) is 6.99. The molecule has 1 heterocycles. The highest BCUT2D eigenvalue weighted by atomic mass is 16.5. The maximum atomic E-state index is 13.4. The molecule has 4 nitrogen and oxygen atoms in total. The Balaban J connectivity index is 1.91. The topological polar surface area (TPSA) is 60.4 Å². The molecule has 1 aromatic carbocycles. The molecule has 0 fully saturated rings. The summed E-state index contributed by atoms with van der Waals surface area (Å²) in [5, 5.41) is 0. The van der Waals surface area contributed by atoms with Crippen LogP contribution in [0.2, 0.25) is 0 Å². The van der Waals surface area contributed by atoms with Crippen LogP contribution in [0.3, 0.4) is 0 Å². The van der Waals surface area contributed by atoms with Crippen molar-refractivity contribution >= 4 is 23.1 Å². The summed E-state index contributed by atoms with van der Waals surface area (Å²) in [6.45, 7) is 8.17. The van der Waals surface area contributed by atoms with E-state index in [0.717, 1.165) is 66.5 Å². The van der Waals surface area contributed by atoms with E-state index >= 15 is 0 Å². The second-order valence-electron chi connectivity index (χ2n) is 10.1. The smallest absolute Gasteiger partial charge is 0.163 e. The molecule has 0 saturated carbocycles. The van der Waals surface area contributed by atoms with Gasteiger partial charge in [-0.1, -0.05) is 57.0 Å². The quantitative estimate of drug-likeness (QED) is 0.341. The van der Waals surface area contributed by atoms with Crippen LogP contribution in [0.25, 0.3) is 5.76 Å². The van der Waals surface area contributed by atoms with Gasteiger partial charge in [0.05, 0.1) is 6.42 Å². The number of fused-ring (bicyclic) bond motifs is 1. The van der Waals surface area contributed by atoms with E-state index in [1.165, 1.54) is 6.92 Å². The number of hydrogen-bond donors (Lipinski definition) is 0. The van der Waals surface area contributed by atoms with Gasteiger partial charge in [-0.05, 0) is 74.6 Å². The first-order valence-corrected chi connectivity index (χ1v) is 13.2. The molecule has 3 atom stereocenters. The monoisotopic (exact) mass is 476 g/mol. The Morgan fingerprint density at radius 3 is 2.60 bits per heavy atom. The van der Waals surface area contributed by atoms with E-state index in [1.54, 1.807) is 0 Å². The van der Waals surface area contributed by atoms with Crippen molar-refractivity contribution in [3.63, 3.8) is 0 Å². The highest BCUT2D eigenvalue weighted by molar-refractivity contribution is 6.01. The van der Waals surface area contributed by atoms with Gasteiger partial charge >= 0.3 is 0 Å². The van der Waals surface area contributed by atoms with E-state index in [2.05, 4.69) is 25.1 Å². The van der Waals surface area contributed by atoms with Crippen molar-refractivity contribution in [2.45, 2.75) is 79.1 Å².